The van der Waals surface area contributed by atoms with E-state index in [0.717, 1.165) is 12.0 Å². The van der Waals surface area contributed by atoms with Crippen LogP contribution in [-0.4, -0.2) is 17.9 Å². The summed E-state index contributed by atoms with van der Waals surface area (Å²) in [6.07, 6.45) is 0.901. The summed E-state index contributed by atoms with van der Waals surface area (Å²) in [5, 5.41) is 9.48. The van der Waals surface area contributed by atoms with Crippen molar-refractivity contribution in [2.75, 3.05) is 0 Å². The molecular formula is C17H20N2O2S. The fourth-order valence-corrected chi connectivity index (χ4v) is 2.50. The molecule has 2 rings (SSSR count). The Kier molecular flexibility index (Phi) is 5.72. The zero-order valence-corrected chi connectivity index (χ0v) is 13.6. The summed E-state index contributed by atoms with van der Waals surface area (Å²) in [6, 6.07) is 9.24. The quantitative estimate of drug-likeness (QED) is 0.860. The lowest BCUT2D eigenvalue weighted by atomic mass is 10.1. The van der Waals surface area contributed by atoms with Crippen LogP contribution >= 0.6 is 11.3 Å². The van der Waals surface area contributed by atoms with Crippen LogP contribution in [0.3, 0.4) is 0 Å². The second kappa shape index (κ2) is 7.75. The van der Waals surface area contributed by atoms with Crippen LogP contribution in [-0.2, 0) is 6.54 Å². The summed E-state index contributed by atoms with van der Waals surface area (Å²) in [5.41, 5.74) is 2.27. The van der Waals surface area contributed by atoms with Crippen molar-refractivity contribution in [3.05, 3.63) is 57.8 Å². The molecule has 4 nitrogen and oxygen atoms in total. The zero-order valence-electron chi connectivity index (χ0n) is 12.8. The molecule has 0 saturated carbocycles. The third-order valence-corrected chi connectivity index (χ3v) is 4.13. The molecule has 116 valence electrons. The molecule has 0 aliphatic carbocycles. The van der Waals surface area contributed by atoms with Crippen LogP contribution in [0.4, 0.5) is 0 Å². The van der Waals surface area contributed by atoms with Crippen LogP contribution in [0, 0.1) is 0 Å². The molecule has 0 fully saturated rings. The number of carbonyl (C=O) groups excluding carboxylic acids is 2. The van der Waals surface area contributed by atoms with Gasteiger partial charge in [-0.3, -0.25) is 9.59 Å². The number of carbonyl (C=O) groups is 2. The maximum absolute atomic E-state index is 12.0. The Balaban J connectivity index is 1.89. The van der Waals surface area contributed by atoms with Gasteiger partial charge in [0.2, 0.25) is 0 Å². The molecule has 0 radical (unpaired) electrons. The van der Waals surface area contributed by atoms with Crippen molar-refractivity contribution in [2.45, 2.75) is 32.9 Å². The van der Waals surface area contributed by atoms with Crippen LogP contribution in [0.1, 0.15) is 46.5 Å². The highest BCUT2D eigenvalue weighted by Gasteiger charge is 2.09. The summed E-state index contributed by atoms with van der Waals surface area (Å²) in [6.45, 7) is 4.46. The van der Waals surface area contributed by atoms with Crippen LogP contribution in [0.2, 0.25) is 0 Å². The first-order chi connectivity index (χ1) is 10.6. The molecule has 2 amide bonds. The highest BCUT2D eigenvalue weighted by Crippen LogP contribution is 2.08. The minimum atomic E-state index is -0.0835. The molecule has 0 spiro atoms. The Bertz CT molecular complexity index is 621. The predicted molar refractivity (Wildman–Crippen MR) is 89.2 cm³/mol. The predicted octanol–water partition coefficient (Wildman–Crippen LogP) is 3.21. The van der Waals surface area contributed by atoms with Gasteiger partial charge in [-0.1, -0.05) is 19.1 Å². The number of rotatable bonds is 6. The third-order valence-electron chi connectivity index (χ3n) is 3.44. The molecule has 0 bridgehead atoms. The molecule has 5 heteroatoms. The van der Waals surface area contributed by atoms with Gasteiger partial charge in [0.05, 0.1) is 0 Å². The maximum atomic E-state index is 12.0. The van der Waals surface area contributed by atoms with Gasteiger partial charge in [0.15, 0.2) is 0 Å². The lowest BCUT2D eigenvalue weighted by Gasteiger charge is -2.11. The van der Waals surface area contributed by atoms with E-state index < -0.39 is 0 Å². The number of hydrogen-bond acceptors (Lipinski definition) is 3. The number of amides is 2. The highest BCUT2D eigenvalue weighted by molar-refractivity contribution is 7.08. The summed E-state index contributed by atoms with van der Waals surface area (Å²) in [7, 11) is 0. The van der Waals surface area contributed by atoms with Gasteiger partial charge in [-0.05, 0) is 42.5 Å². The van der Waals surface area contributed by atoms with Gasteiger partial charge in [0.1, 0.15) is 0 Å². The maximum Gasteiger partial charge on any atom is 0.252 e. The van der Waals surface area contributed by atoms with E-state index in [-0.39, 0.29) is 17.9 Å². The molecule has 1 heterocycles. The van der Waals surface area contributed by atoms with E-state index in [1.165, 1.54) is 11.3 Å². The molecule has 1 aromatic heterocycles. The van der Waals surface area contributed by atoms with E-state index in [2.05, 4.69) is 10.6 Å². The van der Waals surface area contributed by atoms with Gasteiger partial charge in [-0.2, -0.15) is 11.3 Å². The Morgan fingerprint density at radius 1 is 1.09 bits per heavy atom. The van der Waals surface area contributed by atoms with Crippen molar-refractivity contribution in [1.82, 2.24) is 10.6 Å². The van der Waals surface area contributed by atoms with Crippen LogP contribution in [0.5, 0.6) is 0 Å². The Hall–Kier alpha value is -2.14. The van der Waals surface area contributed by atoms with E-state index in [4.69, 9.17) is 0 Å². The summed E-state index contributed by atoms with van der Waals surface area (Å²) >= 11 is 1.50. The van der Waals surface area contributed by atoms with Gasteiger partial charge in [0, 0.05) is 29.1 Å². The van der Waals surface area contributed by atoms with E-state index in [0.29, 0.717) is 17.7 Å². The zero-order chi connectivity index (χ0) is 15.9. The minimum absolute atomic E-state index is 0.0665. The molecule has 0 saturated heterocycles. The van der Waals surface area contributed by atoms with Crippen molar-refractivity contribution in [2.24, 2.45) is 0 Å². The largest absolute Gasteiger partial charge is 0.350 e. The molecule has 0 unspecified atom stereocenters. The SMILES string of the molecule is CC[C@@H](C)NC(=O)c1ccc(CNC(=O)c2ccsc2)cc1. The molecule has 22 heavy (non-hydrogen) atoms. The van der Waals surface area contributed by atoms with Crippen molar-refractivity contribution >= 4 is 23.2 Å². The van der Waals surface area contributed by atoms with Crippen molar-refractivity contribution in [3.63, 3.8) is 0 Å². The van der Waals surface area contributed by atoms with Gasteiger partial charge in [0.25, 0.3) is 11.8 Å². The van der Waals surface area contributed by atoms with E-state index in [1.54, 1.807) is 18.2 Å². The van der Waals surface area contributed by atoms with Crippen molar-refractivity contribution < 1.29 is 9.59 Å². The van der Waals surface area contributed by atoms with E-state index in [1.807, 2.05) is 36.7 Å². The Labute approximate surface area is 134 Å². The second-order valence-corrected chi connectivity index (χ2v) is 5.95. The van der Waals surface area contributed by atoms with Gasteiger partial charge in [-0.25, -0.2) is 0 Å². The number of hydrogen-bond donors (Lipinski definition) is 2. The fourth-order valence-electron chi connectivity index (χ4n) is 1.86. The average molecular weight is 316 g/mol. The highest BCUT2D eigenvalue weighted by atomic mass is 32.1. The monoisotopic (exact) mass is 316 g/mol. The third kappa shape index (κ3) is 4.43. The smallest absolute Gasteiger partial charge is 0.252 e. The lowest BCUT2D eigenvalue weighted by Crippen LogP contribution is -2.31. The Morgan fingerprint density at radius 2 is 1.82 bits per heavy atom. The van der Waals surface area contributed by atoms with Gasteiger partial charge < -0.3 is 10.6 Å². The first-order valence-electron chi connectivity index (χ1n) is 7.30. The molecular weight excluding hydrogens is 296 g/mol. The first-order valence-corrected chi connectivity index (χ1v) is 8.24. The number of nitrogens with one attached hydrogen (secondary N) is 2. The van der Waals surface area contributed by atoms with Gasteiger partial charge >= 0.3 is 0 Å². The molecule has 0 aliphatic heterocycles. The summed E-state index contributed by atoms with van der Waals surface area (Å²) in [4.78, 5) is 23.8. The fraction of sp³-hybridized carbons (Fsp3) is 0.294. The molecule has 0 aliphatic rings. The van der Waals surface area contributed by atoms with Crippen LogP contribution in [0.15, 0.2) is 41.1 Å². The van der Waals surface area contributed by atoms with Crippen molar-refractivity contribution in [3.8, 4) is 0 Å². The molecule has 2 aromatic rings. The Morgan fingerprint density at radius 3 is 2.41 bits per heavy atom. The molecule has 2 N–H and O–H groups in total. The standard InChI is InChI=1S/C17H20N2O2S/c1-3-12(2)19-17(21)14-6-4-13(5-7-14)10-18-16(20)15-8-9-22-11-15/h4-9,11-12H,3,10H2,1-2H3,(H,18,20)(H,19,21)/t12-/m1/s1. The minimum Gasteiger partial charge on any atom is -0.350 e. The van der Waals surface area contributed by atoms with Crippen LogP contribution < -0.4 is 10.6 Å². The average Bonchev–Trinajstić information content (AvgIpc) is 3.07. The first kappa shape index (κ1) is 16.2. The van der Waals surface area contributed by atoms with Crippen molar-refractivity contribution in [1.29, 1.82) is 0 Å². The molecule has 1 aromatic carbocycles. The van der Waals surface area contributed by atoms with E-state index in [9.17, 15) is 9.59 Å². The van der Waals surface area contributed by atoms with Gasteiger partial charge in [-0.15, -0.1) is 0 Å². The normalized spacial score (nSPS) is 11.7. The van der Waals surface area contributed by atoms with E-state index >= 15 is 0 Å². The summed E-state index contributed by atoms with van der Waals surface area (Å²) in [5.74, 6) is -0.150. The number of benzene rings is 1. The lowest BCUT2D eigenvalue weighted by molar-refractivity contribution is 0.0934. The summed E-state index contributed by atoms with van der Waals surface area (Å²) < 4.78 is 0. The number of thiophene rings is 1. The topological polar surface area (TPSA) is 58.2 Å². The molecule has 1 atom stereocenters. The second-order valence-electron chi connectivity index (χ2n) is 5.17. The van der Waals surface area contributed by atoms with Crippen LogP contribution in [0.25, 0.3) is 0 Å².